The highest BCUT2D eigenvalue weighted by atomic mass is 35.5. The molecule has 0 aliphatic carbocycles. The molecule has 3 rings (SSSR count). The van der Waals surface area contributed by atoms with Crippen LogP contribution in [-0.4, -0.2) is 35.9 Å². The van der Waals surface area contributed by atoms with Crippen LogP contribution < -0.4 is 10.6 Å². The fourth-order valence-corrected chi connectivity index (χ4v) is 4.26. The van der Waals surface area contributed by atoms with E-state index in [9.17, 15) is 9.00 Å². The molecule has 1 saturated heterocycles. The van der Waals surface area contributed by atoms with Gasteiger partial charge in [0.25, 0.3) is 5.91 Å². The normalized spacial score (nSPS) is 16.8. The first-order valence-corrected chi connectivity index (χ1v) is 10.0. The molecule has 1 fully saturated rings. The van der Waals surface area contributed by atoms with Crippen molar-refractivity contribution in [3.8, 4) is 0 Å². The molecular formula is C20H25ClN2O3S. The Hall–Kier alpha value is -1.73. The van der Waals surface area contributed by atoms with Gasteiger partial charge in [0.15, 0.2) is 0 Å². The van der Waals surface area contributed by atoms with Crippen molar-refractivity contribution in [2.24, 2.45) is 0 Å². The van der Waals surface area contributed by atoms with Crippen LogP contribution in [0.1, 0.15) is 18.4 Å². The molecule has 1 aliphatic rings. The number of amides is 1. The van der Waals surface area contributed by atoms with Gasteiger partial charge in [-0.2, -0.15) is 0 Å². The number of carbonyl (C=O) groups is 1. The molecule has 0 radical (unpaired) electrons. The lowest BCUT2D eigenvalue weighted by molar-refractivity contribution is -0.140. The van der Waals surface area contributed by atoms with Crippen molar-refractivity contribution in [2.75, 3.05) is 25.5 Å². The molecule has 1 heterocycles. The molecule has 1 amide bonds. The molecule has 5 nitrogen and oxygen atoms in total. The van der Waals surface area contributed by atoms with Gasteiger partial charge in [-0.3, -0.25) is 9.00 Å². The summed E-state index contributed by atoms with van der Waals surface area (Å²) in [5.74, 6) is 0.287. The molecule has 1 unspecified atom stereocenters. The first-order valence-electron chi connectivity index (χ1n) is 8.73. The molecule has 2 N–H and O–H groups in total. The number of nitrogens with one attached hydrogen (secondary N) is 2. The quantitative estimate of drug-likeness (QED) is 0.770. The second-order valence-electron chi connectivity index (χ2n) is 6.41. The SMILES string of the molecule is COC1(C(=O)Nc2cccc(CS(=O)c3ccccc3)c2)CCNCC1.Cl. The smallest absolute Gasteiger partial charge is 0.256 e. The van der Waals surface area contributed by atoms with Crippen LogP contribution in [0.3, 0.4) is 0 Å². The molecule has 146 valence electrons. The fourth-order valence-electron chi connectivity index (χ4n) is 3.15. The van der Waals surface area contributed by atoms with Gasteiger partial charge in [0, 0.05) is 17.7 Å². The number of halogens is 1. The van der Waals surface area contributed by atoms with Crippen LogP contribution in [0, 0.1) is 0 Å². The van der Waals surface area contributed by atoms with Gasteiger partial charge in [-0.05, 0) is 55.8 Å². The lowest BCUT2D eigenvalue weighted by atomic mass is 9.91. The molecule has 0 saturated carbocycles. The molecule has 27 heavy (non-hydrogen) atoms. The third-order valence-corrected chi connectivity index (χ3v) is 6.10. The van der Waals surface area contributed by atoms with Crippen LogP contribution in [0.4, 0.5) is 5.69 Å². The minimum Gasteiger partial charge on any atom is -0.368 e. The van der Waals surface area contributed by atoms with E-state index in [1.807, 2.05) is 54.6 Å². The van der Waals surface area contributed by atoms with Gasteiger partial charge in [-0.15, -0.1) is 12.4 Å². The van der Waals surface area contributed by atoms with E-state index < -0.39 is 16.4 Å². The van der Waals surface area contributed by atoms with Crippen molar-refractivity contribution < 1.29 is 13.7 Å². The van der Waals surface area contributed by atoms with Crippen molar-refractivity contribution in [3.63, 3.8) is 0 Å². The highest BCUT2D eigenvalue weighted by Crippen LogP contribution is 2.25. The molecule has 0 bridgehead atoms. The lowest BCUT2D eigenvalue weighted by Crippen LogP contribution is -2.51. The van der Waals surface area contributed by atoms with Crippen molar-refractivity contribution in [3.05, 3.63) is 60.2 Å². The van der Waals surface area contributed by atoms with Crippen molar-refractivity contribution in [1.82, 2.24) is 5.32 Å². The largest absolute Gasteiger partial charge is 0.368 e. The first-order chi connectivity index (χ1) is 12.6. The Bertz CT molecular complexity index is 780. The van der Waals surface area contributed by atoms with Gasteiger partial charge in [0.1, 0.15) is 5.60 Å². The molecule has 0 aromatic heterocycles. The Kier molecular flexibility index (Phi) is 7.98. The zero-order valence-electron chi connectivity index (χ0n) is 15.3. The van der Waals surface area contributed by atoms with Gasteiger partial charge in [0.2, 0.25) is 0 Å². The molecular weight excluding hydrogens is 384 g/mol. The molecule has 2 aromatic rings. The Morgan fingerprint density at radius 2 is 1.85 bits per heavy atom. The number of piperidine rings is 1. The summed E-state index contributed by atoms with van der Waals surface area (Å²) in [7, 11) is 0.472. The summed E-state index contributed by atoms with van der Waals surface area (Å²) in [5, 5.41) is 6.21. The number of rotatable bonds is 6. The lowest BCUT2D eigenvalue weighted by Gasteiger charge is -2.34. The number of ether oxygens (including phenoxy) is 1. The Balaban J connectivity index is 0.00000261. The van der Waals surface area contributed by atoms with Crippen LogP contribution in [0.25, 0.3) is 0 Å². The van der Waals surface area contributed by atoms with Crippen LogP contribution in [0.2, 0.25) is 0 Å². The van der Waals surface area contributed by atoms with Gasteiger partial charge >= 0.3 is 0 Å². The van der Waals surface area contributed by atoms with Crippen molar-refractivity contribution >= 4 is 34.8 Å². The zero-order valence-corrected chi connectivity index (χ0v) is 16.9. The average Bonchev–Trinajstić information content (AvgIpc) is 2.69. The molecule has 1 aliphatic heterocycles. The second-order valence-corrected chi connectivity index (χ2v) is 7.86. The zero-order chi connectivity index (χ0) is 18.4. The van der Waals surface area contributed by atoms with Crippen LogP contribution in [-0.2, 0) is 26.1 Å². The maximum atomic E-state index is 12.8. The average molecular weight is 409 g/mol. The van der Waals surface area contributed by atoms with Crippen molar-refractivity contribution in [2.45, 2.75) is 29.1 Å². The predicted molar refractivity (Wildman–Crippen MR) is 111 cm³/mol. The van der Waals surface area contributed by atoms with Crippen LogP contribution in [0.5, 0.6) is 0 Å². The summed E-state index contributed by atoms with van der Waals surface area (Å²) in [6.07, 6.45) is 1.29. The third-order valence-electron chi connectivity index (χ3n) is 4.70. The van der Waals surface area contributed by atoms with E-state index in [4.69, 9.17) is 4.74 Å². The van der Waals surface area contributed by atoms with E-state index in [-0.39, 0.29) is 18.3 Å². The number of hydrogen-bond donors (Lipinski definition) is 2. The maximum Gasteiger partial charge on any atom is 0.256 e. The van der Waals surface area contributed by atoms with Crippen LogP contribution in [0.15, 0.2) is 59.5 Å². The van der Waals surface area contributed by atoms with Crippen molar-refractivity contribution in [1.29, 1.82) is 0 Å². The number of anilines is 1. The molecule has 2 aromatic carbocycles. The van der Waals surface area contributed by atoms with Gasteiger partial charge in [-0.1, -0.05) is 30.3 Å². The van der Waals surface area contributed by atoms with Gasteiger partial charge in [0.05, 0.1) is 16.6 Å². The fraction of sp³-hybridized carbons (Fsp3) is 0.350. The monoisotopic (exact) mass is 408 g/mol. The topological polar surface area (TPSA) is 67.4 Å². The van der Waals surface area contributed by atoms with E-state index >= 15 is 0 Å². The van der Waals surface area contributed by atoms with Gasteiger partial charge in [-0.25, -0.2) is 0 Å². The van der Waals surface area contributed by atoms with E-state index in [1.54, 1.807) is 7.11 Å². The summed E-state index contributed by atoms with van der Waals surface area (Å²) in [6, 6.07) is 16.9. The Morgan fingerprint density at radius 1 is 1.15 bits per heavy atom. The molecule has 0 spiro atoms. The van der Waals surface area contributed by atoms with E-state index in [0.29, 0.717) is 24.3 Å². The minimum atomic E-state index is -1.12. The maximum absolute atomic E-state index is 12.8. The van der Waals surface area contributed by atoms with Gasteiger partial charge < -0.3 is 15.4 Å². The number of benzene rings is 2. The molecule has 7 heteroatoms. The number of hydrogen-bond acceptors (Lipinski definition) is 4. The predicted octanol–water partition coefficient (Wildman–Crippen LogP) is 3.12. The second kappa shape index (κ2) is 9.99. The summed E-state index contributed by atoms with van der Waals surface area (Å²) < 4.78 is 18.1. The van der Waals surface area contributed by atoms with E-state index in [0.717, 1.165) is 23.5 Å². The van der Waals surface area contributed by atoms with Crippen LogP contribution >= 0.6 is 12.4 Å². The van der Waals surface area contributed by atoms with E-state index in [1.165, 1.54) is 0 Å². The third kappa shape index (κ3) is 5.39. The summed E-state index contributed by atoms with van der Waals surface area (Å²) in [6.45, 7) is 1.52. The summed E-state index contributed by atoms with van der Waals surface area (Å²) >= 11 is 0. The highest BCUT2D eigenvalue weighted by molar-refractivity contribution is 7.84. The van der Waals surface area contributed by atoms with E-state index in [2.05, 4.69) is 10.6 Å². The Morgan fingerprint density at radius 3 is 2.52 bits per heavy atom. The standard InChI is InChI=1S/C20H24N2O3S.ClH/c1-25-20(10-12-21-13-11-20)19(23)22-17-7-5-6-16(14-17)15-26(24)18-8-3-2-4-9-18;/h2-9,14,21H,10-13,15H2,1H3,(H,22,23);1H. The number of methoxy groups -OCH3 is 1. The summed E-state index contributed by atoms with van der Waals surface area (Å²) in [5.41, 5.74) is 0.836. The Labute approximate surface area is 168 Å². The number of carbonyl (C=O) groups excluding carboxylic acids is 1. The molecule has 1 atom stereocenters. The summed E-state index contributed by atoms with van der Waals surface area (Å²) in [4.78, 5) is 13.6. The first kappa shape index (κ1) is 21.6. The highest BCUT2D eigenvalue weighted by Gasteiger charge is 2.39. The minimum absolute atomic E-state index is 0.